The molecule has 1 rings (SSSR count). The molecule has 0 aliphatic heterocycles. The highest BCUT2D eigenvalue weighted by molar-refractivity contribution is 5.05. The molecule has 3 nitrogen and oxygen atoms in total. The Balaban J connectivity index is 2.40. The van der Waals surface area contributed by atoms with Crippen molar-refractivity contribution in [3.8, 4) is 0 Å². The van der Waals surface area contributed by atoms with Gasteiger partial charge in [0.2, 0.25) is 0 Å². The lowest BCUT2D eigenvalue weighted by Gasteiger charge is -2.54. The van der Waals surface area contributed by atoms with Gasteiger partial charge in [-0.1, -0.05) is 13.8 Å². The van der Waals surface area contributed by atoms with Crippen molar-refractivity contribution in [2.24, 2.45) is 5.41 Å². The van der Waals surface area contributed by atoms with Crippen LogP contribution >= 0.6 is 0 Å². The first kappa shape index (κ1) is 14.9. The third-order valence-electron chi connectivity index (χ3n) is 4.39. The van der Waals surface area contributed by atoms with Crippen LogP contribution in [0, 0.1) is 5.41 Å². The maximum Gasteiger partial charge on any atom is 0.0658 e. The standard InChI is InChI=1S/C14H29NO2/c1-5-14(4)12(10-13(14)17-6-2)15-11(3)8-7-9-16/h11-13,15-16H,5-10H2,1-4H3. The van der Waals surface area contributed by atoms with Crippen molar-refractivity contribution in [3.05, 3.63) is 0 Å². The fourth-order valence-electron chi connectivity index (χ4n) is 2.83. The smallest absolute Gasteiger partial charge is 0.0658 e. The fraction of sp³-hybridized carbons (Fsp3) is 1.00. The lowest BCUT2D eigenvalue weighted by atomic mass is 9.61. The average molecular weight is 243 g/mol. The summed E-state index contributed by atoms with van der Waals surface area (Å²) in [5.74, 6) is 0. The van der Waals surface area contributed by atoms with Crippen LogP contribution in [0.2, 0.25) is 0 Å². The Morgan fingerprint density at radius 1 is 1.47 bits per heavy atom. The van der Waals surface area contributed by atoms with E-state index in [2.05, 4.69) is 33.0 Å². The maximum atomic E-state index is 8.83. The number of aliphatic hydroxyl groups excluding tert-OH is 1. The van der Waals surface area contributed by atoms with Gasteiger partial charge in [-0.3, -0.25) is 0 Å². The third kappa shape index (κ3) is 3.43. The topological polar surface area (TPSA) is 41.5 Å². The summed E-state index contributed by atoms with van der Waals surface area (Å²) in [6.07, 6.45) is 4.63. The van der Waals surface area contributed by atoms with Crippen LogP contribution < -0.4 is 5.32 Å². The molecule has 0 aromatic heterocycles. The van der Waals surface area contributed by atoms with E-state index in [0.717, 1.165) is 32.3 Å². The molecule has 0 aromatic rings. The molecule has 17 heavy (non-hydrogen) atoms. The molecule has 0 radical (unpaired) electrons. The zero-order valence-electron chi connectivity index (χ0n) is 11.8. The number of aliphatic hydroxyl groups is 1. The van der Waals surface area contributed by atoms with Gasteiger partial charge in [0.05, 0.1) is 6.10 Å². The second kappa shape index (κ2) is 6.72. The Hall–Kier alpha value is -0.120. The molecule has 0 heterocycles. The van der Waals surface area contributed by atoms with Crippen molar-refractivity contribution in [3.63, 3.8) is 0 Å². The van der Waals surface area contributed by atoms with Gasteiger partial charge in [0.1, 0.15) is 0 Å². The van der Waals surface area contributed by atoms with Gasteiger partial charge >= 0.3 is 0 Å². The van der Waals surface area contributed by atoms with Crippen molar-refractivity contribution in [2.75, 3.05) is 13.2 Å². The van der Waals surface area contributed by atoms with Gasteiger partial charge in [-0.05, 0) is 39.5 Å². The van der Waals surface area contributed by atoms with E-state index in [1.165, 1.54) is 0 Å². The summed E-state index contributed by atoms with van der Waals surface area (Å²) in [4.78, 5) is 0. The van der Waals surface area contributed by atoms with E-state index in [1.807, 2.05) is 0 Å². The minimum absolute atomic E-state index is 0.281. The third-order valence-corrected chi connectivity index (χ3v) is 4.39. The van der Waals surface area contributed by atoms with Crippen LogP contribution in [-0.4, -0.2) is 36.5 Å². The molecule has 4 unspecified atom stereocenters. The van der Waals surface area contributed by atoms with Crippen molar-refractivity contribution in [1.29, 1.82) is 0 Å². The van der Waals surface area contributed by atoms with Gasteiger partial charge in [0.25, 0.3) is 0 Å². The largest absolute Gasteiger partial charge is 0.396 e. The molecule has 0 amide bonds. The summed E-state index contributed by atoms with van der Waals surface area (Å²) in [5, 5.41) is 12.5. The lowest BCUT2D eigenvalue weighted by Crippen LogP contribution is -2.63. The SMILES string of the molecule is CCOC1CC(NC(C)CCCO)C1(C)CC. The number of rotatable bonds is 8. The molecule has 1 saturated carbocycles. The molecule has 0 bridgehead atoms. The first-order valence-corrected chi connectivity index (χ1v) is 7.07. The molecule has 1 aliphatic rings. The van der Waals surface area contributed by atoms with E-state index in [9.17, 15) is 0 Å². The average Bonchev–Trinajstić information content (AvgIpc) is 2.34. The molecule has 1 fully saturated rings. The maximum absolute atomic E-state index is 8.83. The summed E-state index contributed by atoms with van der Waals surface area (Å²) in [6, 6.07) is 1.05. The van der Waals surface area contributed by atoms with Gasteiger partial charge in [-0.2, -0.15) is 0 Å². The predicted molar refractivity (Wildman–Crippen MR) is 71.1 cm³/mol. The summed E-state index contributed by atoms with van der Waals surface area (Å²) < 4.78 is 5.80. The molecule has 2 N–H and O–H groups in total. The second-order valence-corrected chi connectivity index (χ2v) is 5.53. The van der Waals surface area contributed by atoms with E-state index in [4.69, 9.17) is 9.84 Å². The molecule has 102 valence electrons. The highest BCUT2D eigenvalue weighted by Crippen LogP contribution is 2.46. The second-order valence-electron chi connectivity index (χ2n) is 5.53. The first-order chi connectivity index (χ1) is 8.08. The summed E-state index contributed by atoms with van der Waals surface area (Å²) in [7, 11) is 0. The van der Waals surface area contributed by atoms with E-state index in [-0.39, 0.29) is 5.41 Å². The van der Waals surface area contributed by atoms with Crippen LogP contribution in [0.4, 0.5) is 0 Å². The fourth-order valence-corrected chi connectivity index (χ4v) is 2.83. The van der Waals surface area contributed by atoms with Crippen LogP contribution in [0.3, 0.4) is 0 Å². The molecule has 4 atom stereocenters. The monoisotopic (exact) mass is 243 g/mol. The zero-order chi connectivity index (χ0) is 12.9. The Bertz CT molecular complexity index is 222. The van der Waals surface area contributed by atoms with E-state index in [1.54, 1.807) is 0 Å². The summed E-state index contributed by atoms with van der Waals surface area (Å²) in [5.41, 5.74) is 0.281. The molecule has 1 aliphatic carbocycles. The Kier molecular flexibility index (Phi) is 5.90. The van der Waals surface area contributed by atoms with Gasteiger partial charge in [-0.15, -0.1) is 0 Å². The van der Waals surface area contributed by atoms with E-state index in [0.29, 0.717) is 24.8 Å². The van der Waals surface area contributed by atoms with Gasteiger partial charge in [-0.25, -0.2) is 0 Å². The molecule has 0 saturated heterocycles. The van der Waals surface area contributed by atoms with E-state index < -0.39 is 0 Å². The zero-order valence-corrected chi connectivity index (χ0v) is 11.8. The number of ether oxygens (including phenoxy) is 1. The van der Waals surface area contributed by atoms with Gasteiger partial charge < -0.3 is 15.2 Å². The van der Waals surface area contributed by atoms with Crippen LogP contribution in [0.15, 0.2) is 0 Å². The van der Waals surface area contributed by atoms with Gasteiger partial charge in [0, 0.05) is 30.7 Å². The molecule has 0 spiro atoms. The lowest BCUT2D eigenvalue weighted by molar-refractivity contribution is -0.127. The first-order valence-electron chi connectivity index (χ1n) is 7.07. The highest BCUT2D eigenvalue weighted by atomic mass is 16.5. The molecule has 3 heteroatoms. The van der Waals surface area contributed by atoms with Crippen LogP contribution in [-0.2, 0) is 4.74 Å². The number of nitrogens with one attached hydrogen (secondary N) is 1. The summed E-state index contributed by atoms with van der Waals surface area (Å²) >= 11 is 0. The Morgan fingerprint density at radius 3 is 2.71 bits per heavy atom. The predicted octanol–water partition coefficient (Wildman–Crippen LogP) is 2.33. The van der Waals surface area contributed by atoms with Crippen LogP contribution in [0.25, 0.3) is 0 Å². The number of hydrogen-bond acceptors (Lipinski definition) is 3. The van der Waals surface area contributed by atoms with Crippen molar-refractivity contribution < 1.29 is 9.84 Å². The van der Waals surface area contributed by atoms with E-state index >= 15 is 0 Å². The molecular weight excluding hydrogens is 214 g/mol. The molecule has 0 aromatic carbocycles. The minimum atomic E-state index is 0.281. The Morgan fingerprint density at radius 2 is 2.18 bits per heavy atom. The minimum Gasteiger partial charge on any atom is -0.396 e. The highest BCUT2D eigenvalue weighted by Gasteiger charge is 2.51. The normalized spacial score (nSPS) is 34.4. The summed E-state index contributed by atoms with van der Waals surface area (Å²) in [6.45, 7) is 9.96. The number of hydrogen-bond donors (Lipinski definition) is 2. The van der Waals surface area contributed by atoms with Crippen LogP contribution in [0.1, 0.15) is 53.4 Å². The Labute approximate surface area is 106 Å². The van der Waals surface area contributed by atoms with Crippen molar-refractivity contribution >= 4 is 0 Å². The van der Waals surface area contributed by atoms with Crippen molar-refractivity contribution in [2.45, 2.75) is 71.6 Å². The van der Waals surface area contributed by atoms with Gasteiger partial charge in [0.15, 0.2) is 0 Å². The van der Waals surface area contributed by atoms with Crippen LogP contribution in [0.5, 0.6) is 0 Å². The van der Waals surface area contributed by atoms with Crippen molar-refractivity contribution in [1.82, 2.24) is 5.32 Å². The quantitative estimate of drug-likeness (QED) is 0.687. The molecular formula is C14H29NO2.